The molecule has 10 heteroatoms. The zero-order valence-electron chi connectivity index (χ0n) is 21.8. The molecule has 0 radical (unpaired) electrons. The van der Waals surface area contributed by atoms with Crippen LogP contribution >= 0.6 is 31.9 Å². The van der Waals surface area contributed by atoms with Crippen LogP contribution in [-0.4, -0.2) is 45.2 Å². The summed E-state index contributed by atoms with van der Waals surface area (Å²) in [5.74, 6) is 0. The number of hydrogen-bond donors (Lipinski definition) is 1. The van der Waals surface area contributed by atoms with Crippen molar-refractivity contribution in [1.29, 1.82) is 0 Å². The maximum Gasteiger partial charge on any atom is 0.170 e. The van der Waals surface area contributed by atoms with Gasteiger partial charge in [0.2, 0.25) is 0 Å². The van der Waals surface area contributed by atoms with E-state index in [1.54, 1.807) is 25.0 Å². The third-order valence-electron chi connectivity index (χ3n) is 5.96. The molecule has 2 aromatic carbocycles. The van der Waals surface area contributed by atoms with Crippen LogP contribution in [0.2, 0.25) is 0 Å². The van der Waals surface area contributed by atoms with Crippen molar-refractivity contribution in [2.24, 2.45) is 0 Å². The van der Waals surface area contributed by atoms with Gasteiger partial charge in [-0.1, -0.05) is 56.1 Å². The van der Waals surface area contributed by atoms with Gasteiger partial charge in [-0.2, -0.15) is 10.2 Å². The molecule has 0 bridgehead atoms. The van der Waals surface area contributed by atoms with Crippen molar-refractivity contribution in [3.8, 4) is 0 Å². The summed E-state index contributed by atoms with van der Waals surface area (Å²) in [7, 11) is 3.31. The number of halogens is 2. The fourth-order valence-corrected chi connectivity index (χ4v) is 4.73. The molecule has 1 N–H and O–H groups in total. The number of hydrogen-bond acceptors (Lipinski definition) is 6. The van der Waals surface area contributed by atoms with E-state index >= 15 is 0 Å². The van der Waals surface area contributed by atoms with Crippen LogP contribution in [0.1, 0.15) is 64.8 Å². The second-order valence-corrected chi connectivity index (χ2v) is 10.5. The third kappa shape index (κ3) is 8.18. The quantitative estimate of drug-likeness (QED) is 0.209. The Morgan fingerprint density at radius 1 is 0.842 bits per heavy atom. The van der Waals surface area contributed by atoms with E-state index in [9.17, 15) is 9.90 Å². The molecule has 0 aliphatic heterocycles. The lowest BCUT2D eigenvalue weighted by Crippen LogP contribution is -2.10. The molecule has 2 unspecified atom stereocenters. The van der Waals surface area contributed by atoms with Gasteiger partial charge in [-0.3, -0.25) is 14.2 Å². The largest absolute Gasteiger partial charge is 0.390 e. The first-order chi connectivity index (χ1) is 18.3. The minimum atomic E-state index is -0.103. The van der Waals surface area contributed by atoms with Crippen molar-refractivity contribution in [3.05, 3.63) is 104 Å². The van der Waals surface area contributed by atoms with E-state index in [-0.39, 0.29) is 18.8 Å². The molecular weight excluding hydrogens is 616 g/mol. The highest BCUT2D eigenvalue weighted by Gasteiger charge is 2.15. The molecule has 2 aromatic heterocycles. The van der Waals surface area contributed by atoms with E-state index in [0.29, 0.717) is 24.5 Å². The van der Waals surface area contributed by atoms with Gasteiger partial charge in [0, 0.05) is 23.2 Å². The van der Waals surface area contributed by atoms with E-state index in [1.807, 2.05) is 67.1 Å². The zero-order chi connectivity index (χ0) is 27.7. The number of methoxy groups -OCH3 is 2. The van der Waals surface area contributed by atoms with Crippen LogP contribution in [0, 0.1) is 0 Å². The predicted molar refractivity (Wildman–Crippen MR) is 153 cm³/mol. The normalized spacial score (nSPS) is 12.5. The smallest absolute Gasteiger partial charge is 0.170 e. The minimum absolute atomic E-state index is 0.0556. The first-order valence-corrected chi connectivity index (χ1v) is 13.6. The number of aromatic nitrogens is 4. The lowest BCUT2D eigenvalue weighted by molar-refractivity contribution is 0.111. The molecule has 2 heterocycles. The molecule has 2 atom stereocenters. The van der Waals surface area contributed by atoms with Crippen molar-refractivity contribution in [2.75, 3.05) is 14.2 Å². The van der Waals surface area contributed by atoms with E-state index in [4.69, 9.17) is 9.47 Å². The third-order valence-corrected chi connectivity index (χ3v) is 6.94. The highest BCUT2D eigenvalue weighted by atomic mass is 79.9. The van der Waals surface area contributed by atoms with Crippen LogP contribution < -0.4 is 0 Å². The summed E-state index contributed by atoms with van der Waals surface area (Å²) >= 11 is 6.91. The van der Waals surface area contributed by atoms with Gasteiger partial charge < -0.3 is 14.6 Å². The average molecular weight is 648 g/mol. The standard InChI is InChI=1S/C14H17BrN2O2.C14H15BrN2O2/c2*1-10(19-2)14-7-13(9-18)16-17(14)8-11-4-3-5-12(15)6-11/h3-7,10,18H,8-9H2,1-2H3;3-7,9-10H,8H2,1-2H3. The lowest BCUT2D eigenvalue weighted by atomic mass is 10.2. The van der Waals surface area contributed by atoms with Crippen molar-refractivity contribution in [2.45, 2.75) is 45.8 Å². The second kappa shape index (κ2) is 14.5. The molecule has 8 nitrogen and oxygen atoms in total. The number of aliphatic hydroxyl groups excluding tert-OH is 1. The molecule has 0 saturated heterocycles. The van der Waals surface area contributed by atoms with Crippen molar-refractivity contribution >= 4 is 38.1 Å². The summed E-state index contributed by atoms with van der Waals surface area (Å²) in [4.78, 5) is 10.9. The first-order valence-electron chi connectivity index (χ1n) is 12.0. The molecule has 38 heavy (non-hydrogen) atoms. The molecule has 4 rings (SSSR count). The Kier molecular flexibility index (Phi) is 11.4. The van der Waals surface area contributed by atoms with Gasteiger partial charge in [0.05, 0.1) is 49.0 Å². The Labute approximate surface area is 239 Å². The summed E-state index contributed by atoms with van der Waals surface area (Å²) in [5, 5.41) is 17.9. The van der Waals surface area contributed by atoms with Crippen molar-refractivity contribution < 1.29 is 19.4 Å². The Hall–Kier alpha value is -2.63. The number of rotatable bonds is 10. The van der Waals surface area contributed by atoms with Gasteiger partial charge in [0.25, 0.3) is 0 Å². The Morgan fingerprint density at radius 3 is 1.79 bits per heavy atom. The molecule has 0 spiro atoms. The first kappa shape index (κ1) is 29.9. The molecule has 202 valence electrons. The summed E-state index contributed by atoms with van der Waals surface area (Å²) in [6.07, 6.45) is 0.594. The molecule has 0 fully saturated rings. The fraction of sp³-hybridized carbons (Fsp3) is 0.321. The maximum atomic E-state index is 10.9. The SMILES string of the molecule is COC(C)c1cc(C=O)nn1Cc1cccc(Br)c1.COC(C)c1cc(CO)nn1Cc1cccc(Br)c1. The van der Waals surface area contributed by atoms with E-state index in [1.165, 1.54) is 0 Å². The molecule has 0 aliphatic rings. The number of carbonyl (C=O) groups is 1. The molecule has 4 aromatic rings. The van der Waals surface area contributed by atoms with Gasteiger partial charge in [-0.15, -0.1) is 0 Å². The summed E-state index contributed by atoms with van der Waals surface area (Å²) < 4.78 is 16.4. The minimum Gasteiger partial charge on any atom is -0.390 e. The van der Waals surface area contributed by atoms with Crippen LogP contribution in [0.25, 0.3) is 0 Å². The lowest BCUT2D eigenvalue weighted by Gasteiger charge is -2.12. The fourth-order valence-electron chi connectivity index (χ4n) is 3.84. The Bertz CT molecular complexity index is 1340. The van der Waals surface area contributed by atoms with Gasteiger partial charge >= 0.3 is 0 Å². The maximum absolute atomic E-state index is 10.9. The van der Waals surface area contributed by atoms with Gasteiger partial charge in [0.1, 0.15) is 5.69 Å². The van der Waals surface area contributed by atoms with Crippen LogP contribution in [0.15, 0.2) is 69.6 Å². The van der Waals surface area contributed by atoms with Crippen molar-refractivity contribution in [1.82, 2.24) is 19.6 Å². The van der Waals surface area contributed by atoms with E-state index < -0.39 is 0 Å². The molecule has 0 aliphatic carbocycles. The van der Waals surface area contributed by atoms with Gasteiger partial charge in [-0.05, 0) is 61.4 Å². The number of ether oxygens (including phenoxy) is 2. The number of benzene rings is 2. The number of aliphatic hydroxyl groups is 1. The second-order valence-electron chi connectivity index (χ2n) is 8.66. The highest BCUT2D eigenvalue weighted by molar-refractivity contribution is 9.10. The topological polar surface area (TPSA) is 91.4 Å². The number of aldehydes is 1. The van der Waals surface area contributed by atoms with Crippen molar-refractivity contribution in [3.63, 3.8) is 0 Å². The zero-order valence-corrected chi connectivity index (χ0v) is 25.0. The summed E-state index contributed by atoms with van der Waals surface area (Å²) in [6, 6.07) is 19.7. The predicted octanol–water partition coefficient (Wildman–Crippen LogP) is 6.11. The monoisotopic (exact) mass is 646 g/mol. The van der Waals surface area contributed by atoms with E-state index in [2.05, 4.69) is 48.1 Å². The summed E-state index contributed by atoms with van der Waals surface area (Å²) in [6.45, 7) is 5.10. The van der Waals surface area contributed by atoms with Gasteiger partial charge in [-0.25, -0.2) is 0 Å². The number of nitrogens with zero attached hydrogens (tertiary/aromatic N) is 4. The van der Waals surface area contributed by atoms with E-state index in [0.717, 1.165) is 37.7 Å². The van der Waals surface area contributed by atoms with Crippen LogP contribution in [0.3, 0.4) is 0 Å². The molecule has 0 amide bonds. The van der Waals surface area contributed by atoms with Crippen LogP contribution in [0.5, 0.6) is 0 Å². The van der Waals surface area contributed by atoms with Crippen LogP contribution in [-0.2, 0) is 29.2 Å². The summed E-state index contributed by atoms with van der Waals surface area (Å²) in [5.41, 5.74) is 5.20. The average Bonchev–Trinajstić information content (AvgIpc) is 3.52. The Balaban J connectivity index is 0.000000211. The van der Waals surface area contributed by atoms with Crippen LogP contribution in [0.4, 0.5) is 0 Å². The molecular formula is C28H32Br2N4O4. The number of carbonyl (C=O) groups excluding carboxylic acids is 1. The molecule has 0 saturated carbocycles. The highest BCUT2D eigenvalue weighted by Crippen LogP contribution is 2.21. The van der Waals surface area contributed by atoms with Gasteiger partial charge in [0.15, 0.2) is 6.29 Å². The Morgan fingerprint density at radius 2 is 1.34 bits per heavy atom.